The largest absolute Gasteiger partial charge is 0.481 e. The average Bonchev–Trinajstić information content (AvgIpc) is 3.26. The van der Waals surface area contributed by atoms with E-state index in [2.05, 4.69) is 5.32 Å². The van der Waals surface area contributed by atoms with Gasteiger partial charge in [0.1, 0.15) is 5.00 Å². The van der Waals surface area contributed by atoms with E-state index in [9.17, 15) is 14.4 Å². The third-order valence-electron chi connectivity index (χ3n) is 3.93. The van der Waals surface area contributed by atoms with E-state index < -0.39 is 17.8 Å². The normalized spacial score (nSPS) is 17.5. The van der Waals surface area contributed by atoms with Crippen LogP contribution < -0.4 is 5.32 Å². The van der Waals surface area contributed by atoms with Crippen LogP contribution in [0.5, 0.6) is 0 Å². The first kappa shape index (κ1) is 16.3. The molecule has 0 bridgehead atoms. The number of anilines is 1. The third kappa shape index (κ3) is 3.33. The van der Waals surface area contributed by atoms with Gasteiger partial charge < -0.3 is 19.7 Å². The van der Waals surface area contributed by atoms with Gasteiger partial charge in [-0.2, -0.15) is 0 Å². The molecule has 3 heterocycles. The highest BCUT2D eigenvalue weighted by Gasteiger charge is 2.30. The second-order valence-electron chi connectivity index (χ2n) is 5.52. The molecule has 0 aromatic carbocycles. The molecule has 3 rings (SSSR count). The first-order valence-electron chi connectivity index (χ1n) is 7.50. The van der Waals surface area contributed by atoms with E-state index in [1.54, 1.807) is 17.5 Å². The van der Waals surface area contributed by atoms with Crippen molar-refractivity contribution < 1.29 is 23.9 Å². The lowest BCUT2D eigenvalue weighted by Crippen LogP contribution is -2.42. The van der Waals surface area contributed by atoms with Crippen LogP contribution >= 0.6 is 11.3 Å². The Labute approximate surface area is 141 Å². The van der Waals surface area contributed by atoms with Crippen molar-refractivity contribution in [2.75, 3.05) is 18.4 Å². The van der Waals surface area contributed by atoms with Crippen molar-refractivity contribution in [3.05, 3.63) is 41.2 Å². The molecule has 126 valence electrons. The smallest absolute Gasteiger partial charge is 0.308 e. The molecule has 2 N–H and O–H groups in total. The molecule has 8 heteroatoms. The van der Waals surface area contributed by atoms with Gasteiger partial charge in [0.05, 0.1) is 17.7 Å². The van der Waals surface area contributed by atoms with Gasteiger partial charge in [0.2, 0.25) is 0 Å². The summed E-state index contributed by atoms with van der Waals surface area (Å²) in [5.41, 5.74) is 0.367. The summed E-state index contributed by atoms with van der Waals surface area (Å²) < 4.78 is 5.03. The van der Waals surface area contributed by atoms with Crippen LogP contribution in [-0.2, 0) is 4.79 Å². The predicted octanol–water partition coefficient (Wildman–Crippen LogP) is 2.53. The van der Waals surface area contributed by atoms with Crippen LogP contribution in [0.3, 0.4) is 0 Å². The highest BCUT2D eigenvalue weighted by molar-refractivity contribution is 7.14. The third-order valence-corrected chi connectivity index (χ3v) is 4.76. The van der Waals surface area contributed by atoms with Crippen LogP contribution in [0.15, 0.2) is 34.3 Å². The van der Waals surface area contributed by atoms with Gasteiger partial charge in [0.25, 0.3) is 11.8 Å². The first-order valence-corrected chi connectivity index (χ1v) is 8.38. The number of nitrogens with one attached hydrogen (secondary N) is 1. The maximum absolute atomic E-state index is 12.7. The molecule has 2 aromatic rings. The van der Waals surface area contributed by atoms with Crippen LogP contribution in [0.2, 0.25) is 0 Å². The maximum Gasteiger partial charge on any atom is 0.308 e. The van der Waals surface area contributed by atoms with E-state index in [1.807, 2.05) is 0 Å². The topological polar surface area (TPSA) is 99.9 Å². The fraction of sp³-hybridized carbons (Fsp3) is 0.312. The number of aliphatic carboxylic acids is 1. The summed E-state index contributed by atoms with van der Waals surface area (Å²) >= 11 is 1.24. The van der Waals surface area contributed by atoms with Crippen LogP contribution in [0.1, 0.15) is 33.8 Å². The predicted molar refractivity (Wildman–Crippen MR) is 87.2 cm³/mol. The number of amides is 2. The highest BCUT2D eigenvalue weighted by atomic mass is 32.1. The minimum Gasteiger partial charge on any atom is -0.481 e. The zero-order chi connectivity index (χ0) is 17.1. The van der Waals surface area contributed by atoms with E-state index in [1.165, 1.54) is 28.6 Å². The lowest BCUT2D eigenvalue weighted by atomic mass is 9.98. The molecular formula is C16H16N2O5S. The van der Waals surface area contributed by atoms with E-state index in [4.69, 9.17) is 9.52 Å². The molecule has 1 aliphatic heterocycles. The Bertz CT molecular complexity index is 752. The zero-order valence-electron chi connectivity index (χ0n) is 12.7. The number of furan rings is 1. The molecule has 0 radical (unpaired) electrons. The lowest BCUT2D eigenvalue weighted by molar-refractivity contribution is -0.143. The molecule has 1 fully saturated rings. The van der Waals surface area contributed by atoms with E-state index in [-0.39, 0.29) is 18.2 Å². The number of carbonyl (C=O) groups excluding carboxylic acids is 2. The number of likely N-dealkylation sites (tertiary alicyclic amines) is 1. The Morgan fingerprint density at radius 3 is 2.88 bits per heavy atom. The molecule has 7 nitrogen and oxygen atoms in total. The minimum absolute atomic E-state index is 0.158. The Hall–Kier alpha value is -2.61. The van der Waals surface area contributed by atoms with E-state index in [0.717, 1.165) is 0 Å². The van der Waals surface area contributed by atoms with Crippen molar-refractivity contribution in [2.45, 2.75) is 12.8 Å². The van der Waals surface area contributed by atoms with E-state index in [0.29, 0.717) is 30.0 Å². The number of piperidine rings is 1. The van der Waals surface area contributed by atoms with Gasteiger partial charge in [-0.3, -0.25) is 14.4 Å². The number of carbonyl (C=O) groups is 3. The molecule has 24 heavy (non-hydrogen) atoms. The summed E-state index contributed by atoms with van der Waals surface area (Å²) in [6.45, 7) is 0.708. The van der Waals surface area contributed by atoms with Crippen molar-refractivity contribution in [2.24, 2.45) is 5.92 Å². The van der Waals surface area contributed by atoms with Gasteiger partial charge in [-0.25, -0.2) is 0 Å². The summed E-state index contributed by atoms with van der Waals surface area (Å²) in [5, 5.41) is 14.0. The summed E-state index contributed by atoms with van der Waals surface area (Å²) in [5.74, 6) is -1.96. The van der Waals surface area contributed by atoms with Gasteiger partial charge in [0, 0.05) is 13.1 Å². The summed E-state index contributed by atoms with van der Waals surface area (Å²) in [4.78, 5) is 37.4. The fourth-order valence-corrected chi connectivity index (χ4v) is 3.45. The van der Waals surface area contributed by atoms with Crippen molar-refractivity contribution in [3.63, 3.8) is 0 Å². The average molecular weight is 348 g/mol. The number of hydrogen-bond acceptors (Lipinski definition) is 5. The number of carboxylic acids is 1. The molecule has 0 aliphatic carbocycles. The van der Waals surface area contributed by atoms with Crippen molar-refractivity contribution in [1.29, 1.82) is 0 Å². The zero-order valence-corrected chi connectivity index (χ0v) is 13.5. The molecule has 1 saturated heterocycles. The van der Waals surface area contributed by atoms with Gasteiger partial charge in [-0.15, -0.1) is 11.3 Å². The number of hydrogen-bond donors (Lipinski definition) is 2. The second kappa shape index (κ2) is 6.88. The quantitative estimate of drug-likeness (QED) is 0.884. The number of rotatable bonds is 4. The van der Waals surface area contributed by atoms with Gasteiger partial charge in [-0.1, -0.05) is 0 Å². The van der Waals surface area contributed by atoms with Crippen LogP contribution in [-0.4, -0.2) is 40.9 Å². The molecule has 0 saturated carbocycles. The van der Waals surface area contributed by atoms with Gasteiger partial charge >= 0.3 is 5.97 Å². The Morgan fingerprint density at radius 1 is 1.33 bits per heavy atom. The van der Waals surface area contributed by atoms with Crippen molar-refractivity contribution in [3.8, 4) is 0 Å². The molecule has 2 aromatic heterocycles. The highest BCUT2D eigenvalue weighted by Crippen LogP contribution is 2.27. The fourth-order valence-electron chi connectivity index (χ4n) is 2.68. The second-order valence-corrected chi connectivity index (χ2v) is 6.44. The van der Waals surface area contributed by atoms with Crippen molar-refractivity contribution >= 4 is 34.1 Å². The van der Waals surface area contributed by atoms with Gasteiger partial charge in [-0.05, 0) is 36.4 Å². The minimum atomic E-state index is -0.885. The van der Waals surface area contributed by atoms with Crippen molar-refractivity contribution in [1.82, 2.24) is 4.90 Å². The number of thiophene rings is 1. The summed E-state index contributed by atoms with van der Waals surface area (Å²) in [7, 11) is 0. The van der Waals surface area contributed by atoms with Crippen LogP contribution in [0.25, 0.3) is 0 Å². The Morgan fingerprint density at radius 2 is 2.17 bits per heavy atom. The Kier molecular flexibility index (Phi) is 4.66. The molecule has 1 unspecified atom stereocenters. The lowest BCUT2D eigenvalue weighted by Gasteiger charge is -2.30. The Balaban J connectivity index is 1.73. The monoisotopic (exact) mass is 348 g/mol. The first-order chi connectivity index (χ1) is 11.6. The summed E-state index contributed by atoms with van der Waals surface area (Å²) in [6, 6.07) is 4.77. The summed E-state index contributed by atoms with van der Waals surface area (Å²) in [6.07, 6.45) is 2.63. The standard InChI is InChI=1S/C16H16N2O5S/c19-13(12-4-2-7-23-12)17-14-11(5-8-24-14)15(20)18-6-1-3-10(9-18)16(21)22/h2,4-5,7-8,10H,1,3,6,9H2,(H,17,19)(H,21,22). The molecular weight excluding hydrogens is 332 g/mol. The maximum atomic E-state index is 12.7. The van der Waals surface area contributed by atoms with Crippen LogP contribution in [0.4, 0.5) is 5.00 Å². The number of carboxylic acid groups (broad SMARTS) is 1. The molecule has 2 amide bonds. The van der Waals surface area contributed by atoms with Gasteiger partial charge in [0.15, 0.2) is 5.76 Å². The SMILES string of the molecule is O=C(Nc1sccc1C(=O)N1CCCC(C(=O)O)C1)c1ccco1. The molecule has 1 aliphatic rings. The molecule has 1 atom stereocenters. The van der Waals surface area contributed by atoms with Crippen LogP contribution in [0, 0.1) is 5.92 Å². The molecule has 0 spiro atoms. The number of nitrogens with zero attached hydrogens (tertiary/aromatic N) is 1. The van der Waals surface area contributed by atoms with E-state index >= 15 is 0 Å².